The second-order valence-electron chi connectivity index (χ2n) is 6.67. The highest BCUT2D eigenvalue weighted by molar-refractivity contribution is 6.07. The number of benzene rings is 3. The first-order valence-corrected chi connectivity index (χ1v) is 9.06. The van der Waals surface area contributed by atoms with Gasteiger partial charge in [-0.3, -0.25) is 9.59 Å². The number of carbonyl (C=O) groups excluding carboxylic acids is 2. The van der Waals surface area contributed by atoms with Gasteiger partial charge < -0.3 is 15.6 Å². The number of nitrogens with one attached hydrogen (secondary N) is 1. The number of fused-ring (bicyclic) bond motifs is 1. The number of hydrogen-bond acceptors (Lipinski definition) is 2. The molecule has 4 aromatic rings. The normalized spacial score (nSPS) is 10.8. The second-order valence-corrected chi connectivity index (χ2v) is 6.67. The Labute approximate surface area is 166 Å². The van der Waals surface area contributed by atoms with Gasteiger partial charge in [-0.2, -0.15) is 0 Å². The number of amides is 2. The van der Waals surface area contributed by atoms with Crippen LogP contribution in [0.1, 0.15) is 26.4 Å². The van der Waals surface area contributed by atoms with Crippen LogP contribution in [0.4, 0.5) is 10.1 Å². The molecule has 0 radical (unpaired) electrons. The minimum atomic E-state index is -0.892. The first-order valence-electron chi connectivity index (χ1n) is 9.06. The monoisotopic (exact) mass is 387 g/mol. The topological polar surface area (TPSA) is 77.1 Å². The van der Waals surface area contributed by atoms with Gasteiger partial charge in [0.15, 0.2) is 0 Å². The molecule has 0 atom stereocenters. The predicted octanol–water partition coefficient (Wildman–Crippen LogP) is 4.18. The number of primary amides is 1. The average Bonchev–Trinajstić information content (AvgIpc) is 3.09. The van der Waals surface area contributed by atoms with Crippen LogP contribution in [0, 0.1) is 5.82 Å². The largest absolute Gasteiger partial charge is 0.366 e. The van der Waals surface area contributed by atoms with E-state index in [2.05, 4.69) is 5.32 Å². The van der Waals surface area contributed by atoms with Crippen molar-refractivity contribution in [1.82, 2.24) is 4.57 Å². The summed E-state index contributed by atoms with van der Waals surface area (Å²) in [5.41, 5.74) is 7.66. The molecular formula is C23H18FN3O2. The van der Waals surface area contributed by atoms with E-state index in [0.29, 0.717) is 17.9 Å². The number of rotatable bonds is 5. The van der Waals surface area contributed by atoms with Crippen LogP contribution in [0.5, 0.6) is 0 Å². The molecule has 6 heteroatoms. The van der Waals surface area contributed by atoms with Crippen molar-refractivity contribution in [3.63, 3.8) is 0 Å². The Hall–Kier alpha value is -3.93. The number of nitrogens with two attached hydrogens (primary N) is 1. The van der Waals surface area contributed by atoms with Crippen LogP contribution in [0.25, 0.3) is 10.9 Å². The molecule has 0 spiro atoms. The first kappa shape index (κ1) is 18.4. The zero-order valence-corrected chi connectivity index (χ0v) is 15.4. The van der Waals surface area contributed by atoms with E-state index in [0.717, 1.165) is 22.5 Å². The highest BCUT2D eigenvalue weighted by Gasteiger charge is 2.17. The molecule has 0 unspecified atom stereocenters. The fourth-order valence-electron chi connectivity index (χ4n) is 3.32. The van der Waals surface area contributed by atoms with Crippen molar-refractivity contribution < 1.29 is 14.0 Å². The molecule has 3 N–H and O–H groups in total. The van der Waals surface area contributed by atoms with Gasteiger partial charge in [-0.1, -0.05) is 48.5 Å². The van der Waals surface area contributed by atoms with Gasteiger partial charge in [-0.15, -0.1) is 0 Å². The number of halogens is 1. The molecular weight excluding hydrogens is 369 g/mol. The molecule has 0 bridgehead atoms. The van der Waals surface area contributed by atoms with Gasteiger partial charge in [0.2, 0.25) is 0 Å². The maximum Gasteiger partial charge on any atom is 0.272 e. The van der Waals surface area contributed by atoms with Gasteiger partial charge in [0.1, 0.15) is 11.5 Å². The summed E-state index contributed by atoms with van der Waals surface area (Å²) in [7, 11) is 0. The van der Waals surface area contributed by atoms with Gasteiger partial charge in [0.05, 0.1) is 5.56 Å². The van der Waals surface area contributed by atoms with Crippen molar-refractivity contribution in [3.8, 4) is 0 Å². The third-order valence-electron chi connectivity index (χ3n) is 4.72. The molecule has 3 aromatic carbocycles. The van der Waals surface area contributed by atoms with E-state index in [1.165, 1.54) is 12.1 Å². The Kier molecular flexibility index (Phi) is 4.83. The van der Waals surface area contributed by atoms with Gasteiger partial charge >= 0.3 is 0 Å². The summed E-state index contributed by atoms with van der Waals surface area (Å²) >= 11 is 0. The molecule has 0 aliphatic rings. The molecule has 144 valence electrons. The maximum atomic E-state index is 13.7. The summed E-state index contributed by atoms with van der Waals surface area (Å²) in [6.45, 7) is 0.521. The van der Waals surface area contributed by atoms with E-state index in [-0.39, 0.29) is 11.5 Å². The van der Waals surface area contributed by atoms with Crippen molar-refractivity contribution >= 4 is 28.4 Å². The van der Waals surface area contributed by atoms with E-state index < -0.39 is 11.7 Å². The van der Waals surface area contributed by atoms with Crippen LogP contribution < -0.4 is 11.1 Å². The van der Waals surface area contributed by atoms with Gasteiger partial charge in [-0.05, 0) is 35.9 Å². The standard InChI is InChI=1S/C23H18FN3O2/c24-19-11-10-17(13-18(19)22(25)28)26-23(29)21-12-16-8-4-5-9-20(16)27(21)14-15-6-2-1-3-7-15/h1-13H,14H2,(H2,25,28)(H,26,29). The fraction of sp³-hybridized carbons (Fsp3) is 0.0435. The van der Waals surface area contributed by atoms with Crippen LogP contribution in [0.3, 0.4) is 0 Å². The summed E-state index contributed by atoms with van der Waals surface area (Å²) in [6.07, 6.45) is 0. The van der Waals surface area contributed by atoms with Gasteiger partial charge in [0.25, 0.3) is 11.8 Å². The molecule has 0 saturated carbocycles. The Balaban J connectivity index is 1.71. The summed E-state index contributed by atoms with van der Waals surface area (Å²) < 4.78 is 15.6. The van der Waals surface area contributed by atoms with E-state index in [4.69, 9.17) is 5.73 Å². The quantitative estimate of drug-likeness (QED) is 0.539. The van der Waals surface area contributed by atoms with Crippen LogP contribution in [0.15, 0.2) is 78.9 Å². The molecule has 1 aromatic heterocycles. The van der Waals surface area contributed by atoms with Crippen LogP contribution >= 0.6 is 0 Å². The molecule has 0 aliphatic carbocycles. The Morgan fingerprint density at radius 2 is 1.66 bits per heavy atom. The molecule has 29 heavy (non-hydrogen) atoms. The summed E-state index contributed by atoms with van der Waals surface area (Å²) in [5, 5.41) is 3.67. The average molecular weight is 387 g/mol. The summed E-state index contributed by atoms with van der Waals surface area (Å²) in [5.74, 6) is -1.98. The van der Waals surface area contributed by atoms with Crippen molar-refractivity contribution in [2.75, 3.05) is 5.32 Å². The predicted molar refractivity (Wildman–Crippen MR) is 110 cm³/mol. The second kappa shape index (κ2) is 7.59. The molecule has 0 fully saturated rings. The van der Waals surface area contributed by atoms with E-state index in [9.17, 15) is 14.0 Å². The lowest BCUT2D eigenvalue weighted by molar-refractivity contribution is 0.0991. The third kappa shape index (κ3) is 3.73. The number of aromatic nitrogens is 1. The maximum absolute atomic E-state index is 13.7. The fourth-order valence-corrected chi connectivity index (χ4v) is 3.32. The molecule has 0 aliphatic heterocycles. The van der Waals surface area contributed by atoms with E-state index in [1.807, 2.05) is 65.2 Å². The number of anilines is 1. The van der Waals surface area contributed by atoms with Crippen LogP contribution in [-0.2, 0) is 6.54 Å². The van der Waals surface area contributed by atoms with Crippen molar-refractivity contribution in [1.29, 1.82) is 0 Å². The number of para-hydroxylation sites is 1. The Morgan fingerprint density at radius 1 is 0.931 bits per heavy atom. The highest BCUT2D eigenvalue weighted by Crippen LogP contribution is 2.23. The highest BCUT2D eigenvalue weighted by atomic mass is 19.1. The lowest BCUT2D eigenvalue weighted by atomic mass is 10.1. The lowest BCUT2D eigenvalue weighted by Gasteiger charge is -2.12. The summed E-state index contributed by atoms with van der Waals surface area (Å²) in [6, 6.07) is 23.1. The molecule has 1 heterocycles. The number of carbonyl (C=O) groups is 2. The van der Waals surface area contributed by atoms with Crippen molar-refractivity contribution in [2.45, 2.75) is 6.54 Å². The molecule has 5 nitrogen and oxygen atoms in total. The molecule has 0 saturated heterocycles. The number of hydrogen-bond donors (Lipinski definition) is 2. The molecule has 2 amide bonds. The number of nitrogens with zero attached hydrogens (tertiary/aromatic N) is 1. The SMILES string of the molecule is NC(=O)c1cc(NC(=O)c2cc3ccccc3n2Cc2ccccc2)ccc1F. The van der Waals surface area contributed by atoms with Crippen LogP contribution in [-0.4, -0.2) is 16.4 Å². The Morgan fingerprint density at radius 3 is 2.41 bits per heavy atom. The van der Waals surface area contributed by atoms with E-state index in [1.54, 1.807) is 0 Å². The van der Waals surface area contributed by atoms with Gasteiger partial charge in [0, 0.05) is 23.1 Å². The Bertz CT molecular complexity index is 1220. The lowest BCUT2D eigenvalue weighted by Crippen LogP contribution is -2.19. The minimum absolute atomic E-state index is 0.271. The third-order valence-corrected chi connectivity index (χ3v) is 4.72. The summed E-state index contributed by atoms with van der Waals surface area (Å²) in [4.78, 5) is 24.4. The van der Waals surface area contributed by atoms with E-state index >= 15 is 0 Å². The van der Waals surface area contributed by atoms with Crippen LogP contribution in [0.2, 0.25) is 0 Å². The minimum Gasteiger partial charge on any atom is -0.366 e. The first-order chi connectivity index (χ1) is 14.0. The smallest absolute Gasteiger partial charge is 0.272 e. The zero-order chi connectivity index (χ0) is 20.4. The molecule has 4 rings (SSSR count). The van der Waals surface area contributed by atoms with Crippen molar-refractivity contribution in [3.05, 3.63) is 102 Å². The zero-order valence-electron chi connectivity index (χ0n) is 15.4. The van der Waals surface area contributed by atoms with Gasteiger partial charge in [-0.25, -0.2) is 4.39 Å². The van der Waals surface area contributed by atoms with Crippen molar-refractivity contribution in [2.24, 2.45) is 5.73 Å².